The largest absolute Gasteiger partial charge is 0.489 e. The third-order valence-electron chi connectivity index (χ3n) is 5.89. The molecule has 3 aromatic carbocycles. The average molecular weight is 626 g/mol. The molecule has 0 unspecified atom stereocenters. The predicted octanol–water partition coefficient (Wildman–Crippen LogP) is 7.78. The van der Waals surface area contributed by atoms with E-state index in [0.29, 0.717) is 39.3 Å². The lowest BCUT2D eigenvalue weighted by Gasteiger charge is -2.15. The first kappa shape index (κ1) is 31.4. The van der Waals surface area contributed by atoms with Crippen LogP contribution in [0.5, 0.6) is 5.75 Å². The number of nitriles is 1. The van der Waals surface area contributed by atoms with E-state index in [1.54, 1.807) is 49.4 Å². The van der Waals surface area contributed by atoms with E-state index in [4.69, 9.17) is 21.1 Å². The molecule has 4 aromatic rings. The molecule has 0 saturated carbocycles. The van der Waals surface area contributed by atoms with Crippen molar-refractivity contribution in [2.75, 3.05) is 17.7 Å². The molecule has 0 fully saturated rings. The van der Waals surface area contributed by atoms with E-state index < -0.39 is 29.2 Å². The second-order valence-corrected chi connectivity index (χ2v) is 10.3. The number of hydrogen-bond donors (Lipinski definition) is 1. The summed E-state index contributed by atoms with van der Waals surface area (Å²) >= 11 is 6.60. The lowest BCUT2D eigenvalue weighted by atomic mass is 10.1. The molecule has 7 nitrogen and oxygen atoms in total. The van der Waals surface area contributed by atoms with E-state index in [2.05, 4.69) is 10.3 Å². The van der Waals surface area contributed by atoms with E-state index >= 15 is 0 Å². The van der Waals surface area contributed by atoms with Crippen molar-refractivity contribution >= 4 is 40.9 Å². The predicted molar refractivity (Wildman–Crippen MR) is 157 cm³/mol. The number of alkyl halides is 3. The summed E-state index contributed by atoms with van der Waals surface area (Å²) in [6, 6.07) is 21.8. The third-order valence-corrected chi connectivity index (χ3v) is 7.12. The second-order valence-electron chi connectivity index (χ2n) is 8.92. The van der Waals surface area contributed by atoms with Crippen molar-refractivity contribution in [3.8, 4) is 23.1 Å². The monoisotopic (exact) mass is 625 g/mol. The molecule has 4 rings (SSSR count). The van der Waals surface area contributed by atoms with Crippen LogP contribution in [0.25, 0.3) is 11.3 Å². The van der Waals surface area contributed by atoms with Crippen LogP contribution in [0.1, 0.15) is 34.0 Å². The lowest BCUT2D eigenvalue weighted by molar-refractivity contribution is -0.138. The fourth-order valence-corrected chi connectivity index (χ4v) is 4.74. The van der Waals surface area contributed by atoms with Crippen LogP contribution in [0.4, 0.5) is 18.9 Å². The van der Waals surface area contributed by atoms with Gasteiger partial charge in [-0.3, -0.25) is 4.79 Å². The number of esters is 1. The number of anilines is 1. The molecule has 1 heterocycles. The number of rotatable bonds is 10. The van der Waals surface area contributed by atoms with Crippen LogP contribution in [0, 0.1) is 11.3 Å². The van der Waals surface area contributed by atoms with E-state index in [9.17, 15) is 28.0 Å². The van der Waals surface area contributed by atoms with E-state index in [0.717, 1.165) is 11.6 Å². The molecular formula is C31H23ClF3N3O4S. The molecule has 220 valence electrons. The van der Waals surface area contributed by atoms with Gasteiger partial charge in [0.1, 0.15) is 23.5 Å². The van der Waals surface area contributed by atoms with Gasteiger partial charge < -0.3 is 14.8 Å². The minimum atomic E-state index is -4.83. The smallest absolute Gasteiger partial charge is 0.417 e. The maximum Gasteiger partial charge on any atom is 0.417 e. The zero-order valence-corrected chi connectivity index (χ0v) is 24.1. The summed E-state index contributed by atoms with van der Waals surface area (Å²) in [6.07, 6.45) is -4.83. The minimum Gasteiger partial charge on any atom is -0.489 e. The number of halogens is 4. The molecule has 0 saturated heterocycles. The number of ether oxygens (including phenoxy) is 2. The standard InChI is InChI=1S/C31H23ClF3N3O4S/c1-2-41-30(40)21-5-11-23(12-6-21)37-28(39)18-43-29-25(16-36)26(31(33,34)35)15-27(38-29)20-7-13-24(14-8-20)42-17-19-3-9-22(32)10-4-19/h3-15H,2,17-18H2,1H3,(H,37,39). The Morgan fingerprint density at radius 3 is 2.30 bits per heavy atom. The van der Waals surface area contributed by atoms with Crippen molar-refractivity contribution in [1.82, 2.24) is 4.98 Å². The van der Waals surface area contributed by atoms with Crippen molar-refractivity contribution in [2.45, 2.75) is 24.7 Å². The highest BCUT2D eigenvalue weighted by Gasteiger charge is 2.36. The SMILES string of the molecule is CCOC(=O)c1ccc(NC(=O)CSc2nc(-c3ccc(OCc4ccc(Cl)cc4)cc3)cc(C(F)(F)F)c2C#N)cc1. The first-order valence-electron chi connectivity index (χ1n) is 12.8. The number of carbonyl (C=O) groups excluding carboxylic acids is 2. The van der Waals surface area contributed by atoms with E-state index in [-0.39, 0.29) is 29.7 Å². The zero-order chi connectivity index (χ0) is 31.0. The van der Waals surface area contributed by atoms with Gasteiger partial charge in [0.25, 0.3) is 0 Å². The van der Waals surface area contributed by atoms with Gasteiger partial charge in [0.05, 0.1) is 34.7 Å². The first-order chi connectivity index (χ1) is 20.6. The van der Waals surface area contributed by atoms with Crippen LogP contribution in [-0.4, -0.2) is 29.2 Å². The Hall–Kier alpha value is -4.53. The summed E-state index contributed by atoms with van der Waals surface area (Å²) in [5, 5.41) is 12.5. The number of pyridine rings is 1. The highest BCUT2D eigenvalue weighted by molar-refractivity contribution is 8.00. The average Bonchev–Trinajstić information content (AvgIpc) is 2.99. The van der Waals surface area contributed by atoms with Crippen LogP contribution in [-0.2, 0) is 22.3 Å². The molecule has 0 spiro atoms. The molecule has 0 atom stereocenters. The number of amides is 1. The lowest BCUT2D eigenvalue weighted by Crippen LogP contribution is -2.15. The Kier molecular flexibility index (Phi) is 10.3. The quantitative estimate of drug-likeness (QED) is 0.142. The number of nitrogens with one attached hydrogen (secondary N) is 1. The third kappa shape index (κ3) is 8.50. The van der Waals surface area contributed by atoms with Gasteiger partial charge in [0, 0.05) is 16.3 Å². The Morgan fingerprint density at radius 1 is 1.02 bits per heavy atom. The van der Waals surface area contributed by atoms with Gasteiger partial charge in [0.15, 0.2) is 0 Å². The number of benzene rings is 3. The first-order valence-corrected chi connectivity index (χ1v) is 14.1. The highest BCUT2D eigenvalue weighted by atomic mass is 35.5. The van der Waals surface area contributed by atoms with Gasteiger partial charge >= 0.3 is 12.1 Å². The van der Waals surface area contributed by atoms with Crippen LogP contribution >= 0.6 is 23.4 Å². The Balaban J connectivity index is 1.50. The van der Waals surface area contributed by atoms with Crippen molar-refractivity contribution in [3.63, 3.8) is 0 Å². The molecule has 0 radical (unpaired) electrons. The fraction of sp³-hybridized carbons (Fsp3) is 0.161. The van der Waals surface area contributed by atoms with Gasteiger partial charge in [-0.1, -0.05) is 35.5 Å². The summed E-state index contributed by atoms with van der Waals surface area (Å²) in [7, 11) is 0. The summed E-state index contributed by atoms with van der Waals surface area (Å²) in [5.74, 6) is -0.878. The summed E-state index contributed by atoms with van der Waals surface area (Å²) in [5.41, 5.74) is 0.0764. The number of thioether (sulfide) groups is 1. The number of aromatic nitrogens is 1. The Morgan fingerprint density at radius 2 is 1.70 bits per heavy atom. The zero-order valence-electron chi connectivity index (χ0n) is 22.6. The molecular weight excluding hydrogens is 603 g/mol. The van der Waals surface area contributed by atoms with Crippen molar-refractivity contribution < 1.29 is 32.2 Å². The minimum absolute atomic E-state index is 0.0203. The molecule has 43 heavy (non-hydrogen) atoms. The van der Waals surface area contributed by atoms with Crippen LogP contribution < -0.4 is 10.1 Å². The normalized spacial score (nSPS) is 11.0. The Labute approximate surface area is 254 Å². The molecule has 0 bridgehead atoms. The van der Waals surface area contributed by atoms with E-state index in [1.165, 1.54) is 24.3 Å². The van der Waals surface area contributed by atoms with Gasteiger partial charge in [0.2, 0.25) is 5.91 Å². The highest BCUT2D eigenvalue weighted by Crippen LogP contribution is 2.38. The van der Waals surface area contributed by atoms with Gasteiger partial charge in [-0.25, -0.2) is 9.78 Å². The van der Waals surface area contributed by atoms with Crippen molar-refractivity contribution in [1.29, 1.82) is 5.26 Å². The van der Waals surface area contributed by atoms with Crippen LogP contribution in [0.15, 0.2) is 83.9 Å². The summed E-state index contributed by atoms with van der Waals surface area (Å²) in [4.78, 5) is 28.7. The summed E-state index contributed by atoms with van der Waals surface area (Å²) in [6.45, 7) is 2.16. The van der Waals surface area contributed by atoms with Crippen LogP contribution in [0.3, 0.4) is 0 Å². The molecule has 12 heteroatoms. The molecule has 0 aliphatic heterocycles. The topological polar surface area (TPSA) is 101 Å². The maximum absolute atomic E-state index is 14.0. The van der Waals surface area contributed by atoms with E-state index in [1.807, 2.05) is 12.1 Å². The molecule has 1 amide bonds. The van der Waals surface area contributed by atoms with Gasteiger partial charge in [-0.2, -0.15) is 18.4 Å². The van der Waals surface area contributed by atoms with Crippen molar-refractivity contribution in [2.24, 2.45) is 0 Å². The molecule has 0 aliphatic rings. The van der Waals surface area contributed by atoms with Gasteiger partial charge in [-0.05, 0) is 79.2 Å². The molecule has 1 N–H and O–H groups in total. The van der Waals surface area contributed by atoms with Crippen molar-refractivity contribution in [3.05, 3.63) is 106 Å². The van der Waals surface area contributed by atoms with Gasteiger partial charge in [-0.15, -0.1) is 0 Å². The fourth-order valence-electron chi connectivity index (χ4n) is 3.81. The number of nitrogens with zero attached hydrogens (tertiary/aromatic N) is 2. The maximum atomic E-state index is 14.0. The molecule has 1 aromatic heterocycles. The number of hydrogen-bond acceptors (Lipinski definition) is 7. The summed E-state index contributed by atoms with van der Waals surface area (Å²) < 4.78 is 52.5. The second kappa shape index (κ2) is 14.1. The number of carbonyl (C=O) groups is 2. The Bertz CT molecular complexity index is 1640. The van der Waals surface area contributed by atoms with Crippen LogP contribution in [0.2, 0.25) is 5.02 Å². The molecule has 0 aliphatic carbocycles.